The minimum atomic E-state index is -0.458. The lowest BCUT2D eigenvalue weighted by atomic mass is 10.2. The second-order valence-electron chi connectivity index (χ2n) is 2.81. The predicted octanol–water partition coefficient (Wildman–Crippen LogP) is 1.16. The molecule has 0 saturated carbocycles. The smallest absolute Gasteiger partial charge is 0.231 e. The van der Waals surface area contributed by atoms with Crippen LogP contribution in [-0.2, 0) is 11.3 Å². The number of halogens is 2. The summed E-state index contributed by atoms with van der Waals surface area (Å²) in [5.74, 6) is -0.759. The van der Waals surface area contributed by atoms with Crippen molar-refractivity contribution in [3.63, 3.8) is 0 Å². The summed E-state index contributed by atoms with van der Waals surface area (Å²) >= 11 is 3.23. The fourth-order valence-corrected chi connectivity index (χ4v) is 1.41. The molecule has 5 heteroatoms. The first-order valence-corrected chi connectivity index (χ1v) is 4.82. The summed E-state index contributed by atoms with van der Waals surface area (Å²) in [6.45, 7) is 0.333. The highest BCUT2D eigenvalue weighted by Crippen LogP contribution is 2.15. The molecular formula is C9H10BrFN2O. The van der Waals surface area contributed by atoms with E-state index in [-0.39, 0.29) is 18.9 Å². The van der Waals surface area contributed by atoms with E-state index in [0.717, 1.165) is 4.47 Å². The quantitative estimate of drug-likeness (QED) is 0.854. The normalized spacial score (nSPS) is 10.1. The van der Waals surface area contributed by atoms with Crippen LogP contribution in [0, 0.1) is 5.82 Å². The van der Waals surface area contributed by atoms with Crippen LogP contribution in [-0.4, -0.2) is 12.5 Å². The Balaban J connectivity index is 2.57. The highest BCUT2D eigenvalue weighted by Gasteiger charge is 2.02. The van der Waals surface area contributed by atoms with E-state index >= 15 is 0 Å². The molecule has 76 valence electrons. The molecule has 0 aromatic heterocycles. The average Bonchev–Trinajstić information content (AvgIpc) is 2.10. The Bertz CT molecular complexity index is 344. The van der Waals surface area contributed by atoms with Crippen LogP contribution in [0.5, 0.6) is 0 Å². The first-order chi connectivity index (χ1) is 6.59. The SMILES string of the molecule is NC(=O)CNCc1cc(Br)ccc1F. The molecule has 0 unspecified atom stereocenters. The van der Waals surface area contributed by atoms with E-state index in [1.54, 1.807) is 12.1 Å². The van der Waals surface area contributed by atoms with Gasteiger partial charge >= 0.3 is 0 Å². The lowest BCUT2D eigenvalue weighted by Gasteiger charge is -2.04. The van der Waals surface area contributed by atoms with Gasteiger partial charge in [-0.25, -0.2) is 4.39 Å². The zero-order valence-corrected chi connectivity index (χ0v) is 8.97. The number of benzene rings is 1. The molecule has 0 aliphatic rings. The van der Waals surface area contributed by atoms with Crippen molar-refractivity contribution in [2.45, 2.75) is 6.54 Å². The van der Waals surface area contributed by atoms with E-state index in [9.17, 15) is 9.18 Å². The van der Waals surface area contributed by atoms with E-state index in [1.165, 1.54) is 6.07 Å². The maximum absolute atomic E-state index is 13.1. The van der Waals surface area contributed by atoms with E-state index in [1.807, 2.05) is 0 Å². The summed E-state index contributed by atoms with van der Waals surface area (Å²) in [6.07, 6.45) is 0. The number of nitrogens with one attached hydrogen (secondary N) is 1. The van der Waals surface area contributed by atoms with E-state index in [0.29, 0.717) is 5.56 Å². The van der Waals surface area contributed by atoms with Gasteiger partial charge in [0, 0.05) is 16.6 Å². The van der Waals surface area contributed by atoms with Crippen LogP contribution in [0.1, 0.15) is 5.56 Å². The summed E-state index contributed by atoms with van der Waals surface area (Å²) < 4.78 is 13.9. The van der Waals surface area contributed by atoms with Crippen molar-refractivity contribution in [1.29, 1.82) is 0 Å². The van der Waals surface area contributed by atoms with Crippen LogP contribution in [0.2, 0.25) is 0 Å². The van der Waals surface area contributed by atoms with Gasteiger partial charge in [0.2, 0.25) is 5.91 Å². The third-order valence-electron chi connectivity index (χ3n) is 1.62. The summed E-state index contributed by atoms with van der Waals surface area (Å²) in [5, 5.41) is 2.73. The molecule has 0 bridgehead atoms. The number of carbonyl (C=O) groups is 1. The molecule has 1 aromatic carbocycles. The second kappa shape index (κ2) is 5.07. The standard InChI is InChI=1S/C9H10BrFN2O/c10-7-1-2-8(11)6(3-7)4-13-5-9(12)14/h1-3,13H,4-5H2,(H2,12,14). The van der Waals surface area contributed by atoms with Gasteiger partial charge in [-0.3, -0.25) is 4.79 Å². The molecule has 3 N–H and O–H groups in total. The van der Waals surface area contributed by atoms with Gasteiger partial charge in [-0.05, 0) is 18.2 Å². The van der Waals surface area contributed by atoms with Crippen molar-refractivity contribution in [3.05, 3.63) is 34.1 Å². The lowest BCUT2D eigenvalue weighted by molar-refractivity contribution is -0.117. The zero-order chi connectivity index (χ0) is 10.6. The van der Waals surface area contributed by atoms with E-state index in [2.05, 4.69) is 21.2 Å². The molecule has 3 nitrogen and oxygen atoms in total. The van der Waals surface area contributed by atoms with Crippen molar-refractivity contribution in [2.24, 2.45) is 5.73 Å². The molecular weight excluding hydrogens is 251 g/mol. The number of amides is 1. The van der Waals surface area contributed by atoms with Crippen LogP contribution in [0.4, 0.5) is 4.39 Å². The predicted molar refractivity (Wildman–Crippen MR) is 55.0 cm³/mol. The monoisotopic (exact) mass is 260 g/mol. The highest BCUT2D eigenvalue weighted by atomic mass is 79.9. The molecule has 0 atom stereocenters. The third kappa shape index (κ3) is 3.43. The topological polar surface area (TPSA) is 55.1 Å². The Labute approximate surface area is 89.6 Å². The first kappa shape index (κ1) is 11.1. The van der Waals surface area contributed by atoms with Crippen LogP contribution in [0.15, 0.2) is 22.7 Å². The Morgan fingerprint density at radius 3 is 2.93 bits per heavy atom. The molecule has 1 aromatic rings. The Morgan fingerprint density at radius 1 is 1.57 bits per heavy atom. The van der Waals surface area contributed by atoms with Gasteiger partial charge < -0.3 is 11.1 Å². The van der Waals surface area contributed by atoms with Gasteiger partial charge in [0.25, 0.3) is 0 Å². The molecule has 0 spiro atoms. The summed E-state index contributed by atoms with van der Waals surface area (Å²) in [5.41, 5.74) is 5.42. The van der Waals surface area contributed by atoms with Crippen LogP contribution in [0.3, 0.4) is 0 Å². The zero-order valence-electron chi connectivity index (χ0n) is 7.39. The van der Waals surface area contributed by atoms with Gasteiger partial charge in [-0.2, -0.15) is 0 Å². The van der Waals surface area contributed by atoms with Crippen LogP contribution < -0.4 is 11.1 Å². The summed E-state index contributed by atoms with van der Waals surface area (Å²) in [6, 6.07) is 4.64. The maximum Gasteiger partial charge on any atom is 0.231 e. The number of primary amides is 1. The fraction of sp³-hybridized carbons (Fsp3) is 0.222. The molecule has 0 saturated heterocycles. The molecule has 0 aliphatic carbocycles. The van der Waals surface area contributed by atoms with Gasteiger partial charge in [0.1, 0.15) is 5.82 Å². The maximum atomic E-state index is 13.1. The van der Waals surface area contributed by atoms with Gasteiger partial charge in [-0.1, -0.05) is 15.9 Å². The molecule has 0 radical (unpaired) electrons. The Kier molecular flexibility index (Phi) is 4.03. The van der Waals surface area contributed by atoms with Gasteiger partial charge in [0.15, 0.2) is 0 Å². The van der Waals surface area contributed by atoms with Crippen molar-refractivity contribution in [1.82, 2.24) is 5.32 Å². The van der Waals surface area contributed by atoms with Crippen molar-refractivity contribution in [3.8, 4) is 0 Å². The Morgan fingerprint density at radius 2 is 2.29 bits per heavy atom. The molecule has 1 rings (SSSR count). The number of carbonyl (C=O) groups excluding carboxylic acids is 1. The summed E-state index contributed by atoms with van der Waals surface area (Å²) in [7, 11) is 0. The van der Waals surface area contributed by atoms with Gasteiger partial charge in [-0.15, -0.1) is 0 Å². The van der Waals surface area contributed by atoms with Crippen LogP contribution in [0.25, 0.3) is 0 Å². The number of nitrogens with two attached hydrogens (primary N) is 1. The molecule has 14 heavy (non-hydrogen) atoms. The number of hydrogen-bond acceptors (Lipinski definition) is 2. The molecule has 0 fully saturated rings. The van der Waals surface area contributed by atoms with Gasteiger partial charge in [0.05, 0.1) is 6.54 Å². The highest BCUT2D eigenvalue weighted by molar-refractivity contribution is 9.10. The fourth-order valence-electron chi connectivity index (χ4n) is 0.999. The van der Waals surface area contributed by atoms with Crippen molar-refractivity contribution >= 4 is 21.8 Å². The molecule has 0 aliphatic heterocycles. The van der Waals surface area contributed by atoms with Crippen molar-refractivity contribution < 1.29 is 9.18 Å². The largest absolute Gasteiger partial charge is 0.369 e. The molecule has 0 heterocycles. The molecule has 1 amide bonds. The van der Waals surface area contributed by atoms with E-state index < -0.39 is 5.91 Å². The summed E-state index contributed by atoms with van der Waals surface area (Å²) in [4.78, 5) is 10.4. The van der Waals surface area contributed by atoms with E-state index in [4.69, 9.17) is 5.73 Å². The average molecular weight is 261 g/mol. The number of hydrogen-bond donors (Lipinski definition) is 2. The number of rotatable bonds is 4. The first-order valence-electron chi connectivity index (χ1n) is 4.02. The second-order valence-corrected chi connectivity index (χ2v) is 3.72. The third-order valence-corrected chi connectivity index (χ3v) is 2.12. The minimum absolute atomic E-state index is 0.0476. The minimum Gasteiger partial charge on any atom is -0.369 e. The Hall–Kier alpha value is -0.940. The lowest BCUT2D eigenvalue weighted by Crippen LogP contribution is -2.28. The van der Waals surface area contributed by atoms with Crippen LogP contribution >= 0.6 is 15.9 Å². The van der Waals surface area contributed by atoms with Crippen molar-refractivity contribution in [2.75, 3.05) is 6.54 Å².